The maximum absolute atomic E-state index is 12.1. The number of halogens is 1. The van der Waals surface area contributed by atoms with Crippen molar-refractivity contribution in [2.75, 3.05) is 12.4 Å². The largest absolute Gasteiger partial charge is 0.495 e. The van der Waals surface area contributed by atoms with Crippen LogP contribution in [0, 0.1) is 6.92 Å². The second-order valence-corrected chi connectivity index (χ2v) is 7.57. The van der Waals surface area contributed by atoms with E-state index in [1.165, 1.54) is 17.1 Å². The van der Waals surface area contributed by atoms with E-state index in [1.807, 2.05) is 25.1 Å². The molecule has 0 aliphatic heterocycles. The summed E-state index contributed by atoms with van der Waals surface area (Å²) >= 11 is 11.5. The van der Waals surface area contributed by atoms with Crippen molar-refractivity contribution in [1.29, 1.82) is 0 Å². The van der Waals surface area contributed by atoms with Gasteiger partial charge in [-0.2, -0.15) is 4.80 Å². The first-order chi connectivity index (χ1) is 15.4. The number of anilines is 1. The highest BCUT2D eigenvalue weighted by atomic mass is 35.5. The molecule has 0 saturated heterocycles. The summed E-state index contributed by atoms with van der Waals surface area (Å²) in [6, 6.07) is 12.5. The van der Waals surface area contributed by atoms with Crippen molar-refractivity contribution in [1.82, 2.24) is 20.3 Å². The third-order valence-electron chi connectivity index (χ3n) is 4.52. The number of methoxy groups -OCH3 is 1. The summed E-state index contributed by atoms with van der Waals surface area (Å²) in [5.74, 6) is 0.769. The van der Waals surface area contributed by atoms with Crippen LogP contribution in [0.3, 0.4) is 0 Å². The van der Waals surface area contributed by atoms with Crippen LogP contribution in [0.25, 0.3) is 22.8 Å². The molecule has 0 fully saturated rings. The molecule has 0 bridgehead atoms. The Hall–Kier alpha value is -3.69. The van der Waals surface area contributed by atoms with Crippen molar-refractivity contribution in [2.24, 2.45) is 0 Å². The van der Waals surface area contributed by atoms with Crippen molar-refractivity contribution < 1.29 is 13.9 Å². The highest BCUT2D eigenvalue weighted by Crippen LogP contribution is 2.27. The fourth-order valence-electron chi connectivity index (χ4n) is 2.95. The molecule has 0 aliphatic rings. The van der Waals surface area contributed by atoms with Gasteiger partial charge in [-0.15, -0.1) is 10.2 Å². The molecule has 0 saturated carbocycles. The molecule has 10 heteroatoms. The molecule has 0 atom stereocenters. The zero-order valence-electron chi connectivity index (χ0n) is 17.1. The number of ether oxygens (including phenoxy) is 1. The van der Waals surface area contributed by atoms with Crippen molar-refractivity contribution in [2.45, 2.75) is 6.92 Å². The number of aryl methyl sites for hydroxylation is 1. The number of rotatable bonds is 5. The minimum absolute atomic E-state index is 0.163. The molecule has 2 N–H and O–H groups in total. The quantitative estimate of drug-likeness (QED) is 0.329. The van der Waals surface area contributed by atoms with E-state index in [-0.39, 0.29) is 11.0 Å². The molecule has 162 valence electrons. The van der Waals surface area contributed by atoms with Crippen molar-refractivity contribution in [3.05, 3.63) is 71.2 Å². The van der Waals surface area contributed by atoms with Crippen LogP contribution in [0.5, 0.6) is 5.75 Å². The molecule has 4 rings (SSSR count). The van der Waals surface area contributed by atoms with Gasteiger partial charge in [-0.25, -0.2) is 0 Å². The summed E-state index contributed by atoms with van der Waals surface area (Å²) in [6.07, 6.45) is 4.43. The van der Waals surface area contributed by atoms with E-state index in [4.69, 9.17) is 33.0 Å². The van der Waals surface area contributed by atoms with Gasteiger partial charge in [-0.1, -0.05) is 11.6 Å². The number of furan rings is 1. The number of hydrogen-bond donors (Lipinski definition) is 2. The summed E-state index contributed by atoms with van der Waals surface area (Å²) < 4.78 is 10.3. The molecule has 0 aliphatic carbocycles. The van der Waals surface area contributed by atoms with Gasteiger partial charge in [0, 0.05) is 11.8 Å². The Morgan fingerprint density at radius 2 is 2.00 bits per heavy atom. The van der Waals surface area contributed by atoms with Crippen LogP contribution in [-0.2, 0) is 4.79 Å². The smallest absolute Gasteiger partial charge is 0.250 e. The first-order valence-corrected chi connectivity index (χ1v) is 10.3. The zero-order valence-corrected chi connectivity index (χ0v) is 18.7. The standard InChI is InChI=1S/C22H18ClN5O3S/c1-13-10-18-19(27-28(26-18)14-5-7-20(30-2)16(23)11-14)12-17(13)24-22(32)25-21(29)8-6-15-4-3-9-31-15/h3-12H,1-2H3,(H2,24,25,29,32)/b8-6+. The average molecular weight is 468 g/mol. The van der Waals surface area contributed by atoms with Gasteiger partial charge >= 0.3 is 0 Å². The van der Waals surface area contributed by atoms with Crippen molar-refractivity contribution in [3.63, 3.8) is 0 Å². The van der Waals surface area contributed by atoms with E-state index in [1.54, 1.807) is 37.5 Å². The predicted molar refractivity (Wildman–Crippen MR) is 127 cm³/mol. The third-order valence-corrected chi connectivity index (χ3v) is 5.02. The number of aromatic nitrogens is 3. The second-order valence-electron chi connectivity index (χ2n) is 6.76. The van der Waals surface area contributed by atoms with E-state index >= 15 is 0 Å². The molecule has 32 heavy (non-hydrogen) atoms. The number of fused-ring (bicyclic) bond motifs is 1. The van der Waals surface area contributed by atoms with E-state index in [2.05, 4.69) is 20.8 Å². The minimum atomic E-state index is -0.375. The fraction of sp³-hybridized carbons (Fsp3) is 0.0909. The molecule has 2 aromatic heterocycles. The van der Waals surface area contributed by atoms with Crippen LogP contribution in [-0.4, -0.2) is 33.1 Å². The maximum atomic E-state index is 12.1. The Morgan fingerprint density at radius 1 is 1.22 bits per heavy atom. The molecule has 0 unspecified atom stereocenters. The molecule has 2 heterocycles. The van der Waals surface area contributed by atoms with Gasteiger partial charge in [0.25, 0.3) is 0 Å². The molecule has 2 aromatic carbocycles. The lowest BCUT2D eigenvalue weighted by molar-refractivity contribution is -0.115. The van der Waals surface area contributed by atoms with Gasteiger partial charge in [0.2, 0.25) is 5.91 Å². The van der Waals surface area contributed by atoms with Crippen LogP contribution in [0.1, 0.15) is 11.3 Å². The van der Waals surface area contributed by atoms with Gasteiger partial charge in [0.1, 0.15) is 22.5 Å². The molecule has 4 aromatic rings. The Balaban J connectivity index is 1.49. The molecular formula is C22H18ClN5O3S. The van der Waals surface area contributed by atoms with Crippen LogP contribution in [0.4, 0.5) is 5.69 Å². The molecule has 0 radical (unpaired) electrons. The Bertz CT molecular complexity index is 1330. The zero-order chi connectivity index (χ0) is 22.7. The van der Waals surface area contributed by atoms with Gasteiger partial charge in [0.15, 0.2) is 5.11 Å². The number of carbonyl (C=O) groups excluding carboxylic acids is 1. The number of nitrogens with one attached hydrogen (secondary N) is 2. The van der Waals surface area contributed by atoms with Crippen LogP contribution >= 0.6 is 23.8 Å². The maximum Gasteiger partial charge on any atom is 0.250 e. The van der Waals surface area contributed by atoms with Crippen LogP contribution in [0.2, 0.25) is 5.02 Å². The van der Waals surface area contributed by atoms with Crippen LogP contribution in [0.15, 0.2) is 59.2 Å². The fourth-order valence-corrected chi connectivity index (χ4v) is 3.41. The van der Waals surface area contributed by atoms with Crippen LogP contribution < -0.4 is 15.4 Å². The van der Waals surface area contributed by atoms with E-state index < -0.39 is 0 Å². The first-order valence-electron chi connectivity index (χ1n) is 9.48. The highest BCUT2D eigenvalue weighted by Gasteiger charge is 2.11. The number of benzene rings is 2. The Labute approximate surface area is 193 Å². The van der Waals surface area contributed by atoms with Gasteiger partial charge in [0.05, 0.1) is 24.1 Å². The van der Waals surface area contributed by atoms with Crippen molar-refractivity contribution >= 4 is 57.6 Å². The molecule has 0 spiro atoms. The number of nitrogens with zero attached hydrogens (tertiary/aromatic N) is 3. The number of carbonyl (C=O) groups is 1. The lowest BCUT2D eigenvalue weighted by Gasteiger charge is -2.10. The van der Waals surface area contributed by atoms with E-state index in [9.17, 15) is 4.79 Å². The number of amides is 1. The molecule has 1 amide bonds. The lowest BCUT2D eigenvalue weighted by atomic mass is 10.2. The summed E-state index contributed by atoms with van der Waals surface area (Å²) in [5, 5.41) is 15.3. The number of hydrogen-bond acceptors (Lipinski definition) is 6. The van der Waals surface area contributed by atoms with Gasteiger partial charge in [-0.3, -0.25) is 10.1 Å². The monoisotopic (exact) mass is 467 g/mol. The summed E-state index contributed by atoms with van der Waals surface area (Å²) in [4.78, 5) is 13.6. The average Bonchev–Trinajstić information content (AvgIpc) is 3.42. The topological polar surface area (TPSA) is 94.2 Å². The van der Waals surface area contributed by atoms with Crippen molar-refractivity contribution in [3.8, 4) is 11.4 Å². The normalized spacial score (nSPS) is 11.1. The van der Waals surface area contributed by atoms with Gasteiger partial charge in [-0.05, 0) is 73.2 Å². The summed E-state index contributed by atoms with van der Waals surface area (Å²) in [5.41, 5.74) is 3.65. The Morgan fingerprint density at radius 3 is 2.69 bits per heavy atom. The molecule has 8 nitrogen and oxygen atoms in total. The van der Waals surface area contributed by atoms with E-state index in [0.717, 1.165) is 5.56 Å². The minimum Gasteiger partial charge on any atom is -0.495 e. The number of thiocarbonyl (C=S) groups is 1. The third kappa shape index (κ3) is 4.79. The SMILES string of the molecule is COc1ccc(-n2nc3cc(C)c(NC(=S)NC(=O)/C=C/c4ccco4)cc3n2)cc1Cl. The highest BCUT2D eigenvalue weighted by molar-refractivity contribution is 7.80. The first kappa shape index (κ1) is 21.5. The summed E-state index contributed by atoms with van der Waals surface area (Å²) in [7, 11) is 1.56. The predicted octanol–water partition coefficient (Wildman–Crippen LogP) is 4.51. The Kier molecular flexibility index (Phi) is 6.20. The lowest BCUT2D eigenvalue weighted by Crippen LogP contribution is -2.33. The molecular weight excluding hydrogens is 450 g/mol. The van der Waals surface area contributed by atoms with Gasteiger partial charge < -0.3 is 14.5 Å². The van der Waals surface area contributed by atoms with E-state index in [0.29, 0.717) is 38.9 Å². The second kappa shape index (κ2) is 9.21. The summed E-state index contributed by atoms with van der Waals surface area (Å²) in [6.45, 7) is 1.91.